The van der Waals surface area contributed by atoms with Crippen molar-refractivity contribution >= 4 is 28.6 Å². The number of benzene rings is 2. The number of carbonyl (C=O) groups excluding carboxylic acids is 1. The third-order valence-corrected chi connectivity index (χ3v) is 6.14. The monoisotopic (exact) mass is 409 g/mol. The number of likely N-dealkylation sites (tertiary alicyclic amines) is 1. The third-order valence-electron chi connectivity index (χ3n) is 5.10. The zero-order valence-corrected chi connectivity index (χ0v) is 17.3. The first kappa shape index (κ1) is 19.5. The number of aromatic nitrogens is 2. The zero-order chi connectivity index (χ0) is 20.4. The molecule has 7 heteroatoms. The highest BCUT2D eigenvalue weighted by molar-refractivity contribution is 8.00. The van der Waals surface area contributed by atoms with Gasteiger partial charge in [0.05, 0.1) is 29.0 Å². The van der Waals surface area contributed by atoms with E-state index >= 15 is 0 Å². The van der Waals surface area contributed by atoms with E-state index in [2.05, 4.69) is 0 Å². The largest absolute Gasteiger partial charge is 0.497 e. The minimum Gasteiger partial charge on any atom is -0.497 e. The lowest BCUT2D eigenvalue weighted by atomic mass is 10.2. The molecule has 4 rings (SSSR count). The van der Waals surface area contributed by atoms with E-state index in [0.29, 0.717) is 27.5 Å². The zero-order valence-electron chi connectivity index (χ0n) is 16.5. The Morgan fingerprint density at radius 2 is 1.90 bits per heavy atom. The van der Waals surface area contributed by atoms with Crippen molar-refractivity contribution in [1.82, 2.24) is 14.5 Å². The highest BCUT2D eigenvalue weighted by atomic mass is 32.2. The van der Waals surface area contributed by atoms with Crippen LogP contribution in [0.3, 0.4) is 0 Å². The molecule has 0 saturated carbocycles. The van der Waals surface area contributed by atoms with Gasteiger partial charge in [-0.3, -0.25) is 14.2 Å². The van der Waals surface area contributed by atoms with Gasteiger partial charge in [0, 0.05) is 19.2 Å². The molecular weight excluding hydrogens is 386 g/mol. The van der Waals surface area contributed by atoms with Gasteiger partial charge >= 0.3 is 0 Å². The van der Waals surface area contributed by atoms with Crippen LogP contribution in [0, 0.1) is 0 Å². The highest BCUT2D eigenvalue weighted by Gasteiger charge is 2.26. The van der Waals surface area contributed by atoms with E-state index in [1.54, 1.807) is 23.8 Å². The Kier molecular flexibility index (Phi) is 5.58. The molecule has 0 N–H and O–H groups in total. The second-order valence-corrected chi connectivity index (χ2v) is 8.35. The number of para-hydroxylation sites is 1. The van der Waals surface area contributed by atoms with Gasteiger partial charge in [-0.05, 0) is 44.0 Å². The lowest BCUT2D eigenvalue weighted by molar-refractivity contribution is -0.129. The number of thioether (sulfide) groups is 1. The molecule has 29 heavy (non-hydrogen) atoms. The van der Waals surface area contributed by atoms with Gasteiger partial charge in [-0.15, -0.1) is 0 Å². The van der Waals surface area contributed by atoms with Crippen molar-refractivity contribution in [1.29, 1.82) is 0 Å². The Hall–Kier alpha value is -2.80. The molecule has 1 aromatic heterocycles. The van der Waals surface area contributed by atoms with Gasteiger partial charge in [-0.1, -0.05) is 30.0 Å². The van der Waals surface area contributed by atoms with Crippen molar-refractivity contribution in [2.24, 2.45) is 0 Å². The fraction of sp³-hybridized carbons (Fsp3) is 0.318. The maximum absolute atomic E-state index is 13.3. The van der Waals surface area contributed by atoms with Crippen LogP contribution >= 0.6 is 11.8 Å². The van der Waals surface area contributed by atoms with Crippen molar-refractivity contribution in [3.8, 4) is 11.4 Å². The van der Waals surface area contributed by atoms with Gasteiger partial charge < -0.3 is 9.64 Å². The van der Waals surface area contributed by atoms with Crippen LogP contribution in [0.5, 0.6) is 5.75 Å². The van der Waals surface area contributed by atoms with E-state index in [0.717, 1.165) is 25.9 Å². The molecule has 6 nitrogen and oxygen atoms in total. The summed E-state index contributed by atoms with van der Waals surface area (Å²) in [5, 5.41) is 0.707. The smallest absolute Gasteiger partial charge is 0.266 e. The lowest BCUT2D eigenvalue weighted by Crippen LogP contribution is -2.34. The first-order chi connectivity index (χ1) is 14.1. The molecule has 1 aliphatic rings. The molecule has 1 amide bonds. The van der Waals surface area contributed by atoms with E-state index in [1.807, 2.05) is 48.2 Å². The first-order valence-electron chi connectivity index (χ1n) is 9.70. The summed E-state index contributed by atoms with van der Waals surface area (Å²) in [6.07, 6.45) is 2.09. The quantitative estimate of drug-likeness (QED) is 0.477. The minimum absolute atomic E-state index is 0.0899. The second-order valence-electron chi connectivity index (χ2n) is 7.05. The average molecular weight is 410 g/mol. The minimum atomic E-state index is -0.335. The molecular formula is C22H23N3O3S. The SMILES string of the molecule is COc1cccc(-n2c(S[C@H](C)C(=O)N3CCCC3)nc3ccccc3c2=O)c1. The molecule has 1 aliphatic heterocycles. The van der Waals surface area contributed by atoms with Gasteiger partial charge in [0.2, 0.25) is 5.91 Å². The molecule has 150 valence electrons. The van der Waals surface area contributed by atoms with Crippen LogP contribution in [-0.4, -0.2) is 45.8 Å². The molecule has 0 bridgehead atoms. The number of hydrogen-bond acceptors (Lipinski definition) is 5. The normalized spacial score (nSPS) is 14.9. The number of fused-ring (bicyclic) bond motifs is 1. The summed E-state index contributed by atoms with van der Waals surface area (Å²) in [6, 6.07) is 14.6. The van der Waals surface area contributed by atoms with Crippen molar-refractivity contribution in [2.45, 2.75) is 30.2 Å². The van der Waals surface area contributed by atoms with Crippen LogP contribution in [0.2, 0.25) is 0 Å². The maximum atomic E-state index is 13.3. The number of amides is 1. The number of rotatable bonds is 5. The lowest BCUT2D eigenvalue weighted by Gasteiger charge is -2.21. The van der Waals surface area contributed by atoms with Crippen LogP contribution in [0.15, 0.2) is 58.5 Å². The Balaban J connectivity index is 1.81. The fourth-order valence-corrected chi connectivity index (χ4v) is 4.58. The van der Waals surface area contributed by atoms with Crippen LogP contribution in [0.1, 0.15) is 19.8 Å². The number of carbonyl (C=O) groups is 1. The summed E-state index contributed by atoms with van der Waals surface area (Å²) in [7, 11) is 1.59. The van der Waals surface area contributed by atoms with E-state index in [9.17, 15) is 9.59 Å². The summed E-state index contributed by atoms with van der Waals surface area (Å²) >= 11 is 1.32. The van der Waals surface area contributed by atoms with Crippen molar-refractivity contribution in [3.63, 3.8) is 0 Å². The fourth-order valence-electron chi connectivity index (χ4n) is 3.57. The average Bonchev–Trinajstić information content (AvgIpc) is 3.28. The van der Waals surface area contributed by atoms with Gasteiger partial charge in [-0.25, -0.2) is 4.98 Å². The molecule has 1 saturated heterocycles. The highest BCUT2D eigenvalue weighted by Crippen LogP contribution is 2.28. The van der Waals surface area contributed by atoms with E-state index in [-0.39, 0.29) is 16.7 Å². The standard InChI is InChI=1S/C22H23N3O3S/c1-15(20(26)24-12-5-6-13-24)29-22-23-19-11-4-3-10-18(19)21(27)25(22)16-8-7-9-17(14-16)28-2/h3-4,7-11,14-15H,5-6,12-13H2,1-2H3/t15-/m1/s1. The molecule has 1 fully saturated rings. The molecule has 2 aromatic carbocycles. The van der Waals surface area contributed by atoms with E-state index in [4.69, 9.17) is 9.72 Å². The van der Waals surface area contributed by atoms with E-state index in [1.165, 1.54) is 11.8 Å². The van der Waals surface area contributed by atoms with Crippen molar-refractivity contribution in [3.05, 3.63) is 58.9 Å². The summed E-state index contributed by atoms with van der Waals surface area (Å²) < 4.78 is 6.90. The molecule has 0 spiro atoms. The molecule has 3 aromatic rings. The second kappa shape index (κ2) is 8.29. The Morgan fingerprint density at radius 3 is 2.66 bits per heavy atom. The van der Waals surface area contributed by atoms with Gasteiger partial charge in [0.25, 0.3) is 5.56 Å². The molecule has 0 radical (unpaired) electrons. The van der Waals surface area contributed by atoms with Crippen molar-refractivity contribution < 1.29 is 9.53 Å². The number of nitrogens with zero attached hydrogens (tertiary/aromatic N) is 3. The van der Waals surface area contributed by atoms with Crippen LogP contribution < -0.4 is 10.3 Å². The topological polar surface area (TPSA) is 64.4 Å². The number of hydrogen-bond donors (Lipinski definition) is 0. The van der Waals surface area contributed by atoms with Crippen LogP contribution in [-0.2, 0) is 4.79 Å². The van der Waals surface area contributed by atoms with Gasteiger partial charge in [0.1, 0.15) is 5.75 Å². The van der Waals surface area contributed by atoms with E-state index < -0.39 is 0 Å². The molecule has 0 unspecified atom stereocenters. The summed E-state index contributed by atoms with van der Waals surface area (Å²) in [5.41, 5.74) is 1.13. The predicted molar refractivity (Wildman–Crippen MR) is 115 cm³/mol. The Morgan fingerprint density at radius 1 is 1.14 bits per heavy atom. The molecule has 0 aliphatic carbocycles. The first-order valence-corrected chi connectivity index (χ1v) is 10.6. The summed E-state index contributed by atoms with van der Waals surface area (Å²) in [5.74, 6) is 0.742. The van der Waals surface area contributed by atoms with Gasteiger partial charge in [-0.2, -0.15) is 0 Å². The van der Waals surface area contributed by atoms with Crippen LogP contribution in [0.25, 0.3) is 16.6 Å². The predicted octanol–water partition coefficient (Wildman–Crippen LogP) is 3.50. The molecule has 1 atom stereocenters. The Labute approximate surface area is 173 Å². The number of ether oxygens (including phenoxy) is 1. The Bertz CT molecular complexity index is 1110. The summed E-state index contributed by atoms with van der Waals surface area (Å²) in [6.45, 7) is 3.48. The van der Waals surface area contributed by atoms with Crippen LogP contribution in [0.4, 0.5) is 0 Å². The summed E-state index contributed by atoms with van der Waals surface area (Å²) in [4.78, 5) is 32.8. The third kappa shape index (κ3) is 3.87. The number of methoxy groups -OCH3 is 1. The van der Waals surface area contributed by atoms with Gasteiger partial charge in [0.15, 0.2) is 5.16 Å². The van der Waals surface area contributed by atoms with Crippen molar-refractivity contribution in [2.75, 3.05) is 20.2 Å². The maximum Gasteiger partial charge on any atom is 0.266 e. The molecule has 2 heterocycles.